The van der Waals surface area contributed by atoms with Crippen LogP contribution in [0.5, 0.6) is 0 Å². The molecule has 0 saturated carbocycles. The molecule has 0 heterocycles. The van der Waals surface area contributed by atoms with Crippen molar-refractivity contribution in [3.8, 4) is 0 Å². The Morgan fingerprint density at radius 1 is 1.40 bits per heavy atom. The van der Waals surface area contributed by atoms with Crippen LogP contribution in [0.1, 0.15) is 20.3 Å². The quantitative estimate of drug-likeness (QED) is 0.378. The first-order valence-corrected chi connectivity index (χ1v) is 6.73. The van der Waals surface area contributed by atoms with Gasteiger partial charge in [-0.15, -0.1) is 0 Å². The van der Waals surface area contributed by atoms with Gasteiger partial charge in [-0.05, 0) is 13.3 Å². The third kappa shape index (κ3) is 5.71. The number of carbonyl (C=O) groups excluding carboxylic acids is 1. The van der Waals surface area contributed by atoms with Crippen molar-refractivity contribution >= 4 is 15.3 Å². The van der Waals surface area contributed by atoms with Crippen LogP contribution >= 0.6 is 0 Å². The Morgan fingerprint density at radius 2 is 1.93 bits per heavy atom. The maximum atomic E-state index is 11.3. The van der Waals surface area contributed by atoms with E-state index in [0.29, 0.717) is 11.6 Å². The Kier molecular flexibility index (Phi) is 7.28. The molecule has 0 aromatic rings. The normalized spacial score (nSPS) is 12.6. The molecule has 0 saturated heterocycles. The summed E-state index contributed by atoms with van der Waals surface area (Å²) in [7, 11) is 1.57. The first kappa shape index (κ1) is 14.3. The second-order valence-corrected chi connectivity index (χ2v) is 5.63. The van der Waals surface area contributed by atoms with Crippen molar-refractivity contribution in [3.05, 3.63) is 12.2 Å². The molecule has 0 spiro atoms. The van der Waals surface area contributed by atoms with Gasteiger partial charge in [-0.3, -0.25) is 0 Å². The van der Waals surface area contributed by atoms with Crippen molar-refractivity contribution in [2.75, 3.05) is 14.2 Å². The Labute approximate surface area is 93.1 Å². The lowest BCUT2D eigenvalue weighted by Gasteiger charge is -2.19. The topological polar surface area (TPSA) is 44.8 Å². The predicted molar refractivity (Wildman–Crippen MR) is 61.0 cm³/mol. The van der Waals surface area contributed by atoms with Gasteiger partial charge in [0.2, 0.25) is 0 Å². The third-order valence-corrected chi connectivity index (χ3v) is 4.02. The zero-order valence-electron chi connectivity index (χ0n) is 9.91. The maximum Gasteiger partial charge on any atom is 0.333 e. The molecule has 5 heteroatoms. The van der Waals surface area contributed by atoms with E-state index in [0.717, 1.165) is 6.42 Å². The van der Waals surface area contributed by atoms with Gasteiger partial charge < -0.3 is 13.6 Å². The van der Waals surface area contributed by atoms with E-state index in [9.17, 15) is 4.79 Å². The lowest BCUT2D eigenvalue weighted by molar-refractivity contribution is -0.143. The summed E-state index contributed by atoms with van der Waals surface area (Å²) in [4.78, 5) is 11.3. The molecule has 0 rings (SSSR count). The van der Waals surface area contributed by atoms with E-state index in [-0.39, 0.29) is 12.1 Å². The van der Waals surface area contributed by atoms with Gasteiger partial charge in [0.1, 0.15) is 6.10 Å². The minimum atomic E-state index is -1.66. The molecule has 0 aliphatic heterocycles. The van der Waals surface area contributed by atoms with E-state index in [2.05, 4.69) is 6.58 Å². The van der Waals surface area contributed by atoms with E-state index in [1.807, 2.05) is 6.92 Å². The van der Waals surface area contributed by atoms with E-state index in [1.165, 1.54) is 0 Å². The number of rotatable bonds is 7. The van der Waals surface area contributed by atoms with Crippen LogP contribution in [0.15, 0.2) is 12.2 Å². The Balaban J connectivity index is 4.13. The van der Waals surface area contributed by atoms with Gasteiger partial charge in [-0.2, -0.15) is 0 Å². The molecule has 0 radical (unpaired) electrons. The van der Waals surface area contributed by atoms with E-state index < -0.39 is 9.28 Å². The lowest BCUT2D eigenvalue weighted by Crippen LogP contribution is -2.28. The molecule has 0 amide bonds. The zero-order valence-corrected chi connectivity index (χ0v) is 11.1. The molecule has 1 unspecified atom stereocenters. The van der Waals surface area contributed by atoms with Gasteiger partial charge in [-0.25, -0.2) is 4.79 Å². The number of hydrogen-bond acceptors (Lipinski definition) is 4. The van der Waals surface area contributed by atoms with Crippen LogP contribution in [0.4, 0.5) is 0 Å². The third-order valence-electron chi connectivity index (χ3n) is 2.06. The van der Waals surface area contributed by atoms with Gasteiger partial charge in [0.05, 0.1) is 0 Å². The highest BCUT2D eigenvalue weighted by Gasteiger charge is 2.20. The summed E-state index contributed by atoms with van der Waals surface area (Å²) < 4.78 is 15.6. The van der Waals surface area contributed by atoms with Crippen LogP contribution in [-0.4, -0.2) is 35.6 Å². The first-order valence-electron chi connectivity index (χ1n) is 4.97. The summed E-state index contributed by atoms with van der Waals surface area (Å²) in [5.74, 6) is -0.346. The van der Waals surface area contributed by atoms with E-state index in [1.54, 1.807) is 21.1 Å². The summed E-state index contributed by atoms with van der Waals surface area (Å²) in [6.07, 6.45) is 0.626. The molecule has 0 aliphatic carbocycles. The maximum absolute atomic E-state index is 11.3. The number of esters is 1. The minimum absolute atomic E-state index is 0.134. The molecule has 0 bridgehead atoms. The van der Waals surface area contributed by atoms with Crippen LogP contribution in [0.2, 0.25) is 6.04 Å². The van der Waals surface area contributed by atoms with Crippen LogP contribution in [0, 0.1) is 0 Å². The summed E-state index contributed by atoms with van der Waals surface area (Å²) in [6, 6.07) is 0.669. The zero-order chi connectivity index (χ0) is 11.8. The van der Waals surface area contributed by atoms with Crippen molar-refractivity contribution in [3.63, 3.8) is 0 Å². The van der Waals surface area contributed by atoms with Crippen LogP contribution < -0.4 is 0 Å². The second kappa shape index (κ2) is 7.61. The average Bonchev–Trinajstić information content (AvgIpc) is 2.23. The molecule has 4 nitrogen and oxygen atoms in total. The number of hydrogen-bond donors (Lipinski definition) is 0. The SMILES string of the molecule is C=C(C)C(=O)OC(CC)C[SiH](OC)OC. The summed E-state index contributed by atoms with van der Waals surface area (Å²) in [5, 5.41) is 0. The predicted octanol–water partition coefficient (Wildman–Crippen LogP) is 1.40. The Morgan fingerprint density at radius 3 is 2.27 bits per heavy atom. The lowest BCUT2D eigenvalue weighted by atomic mass is 10.3. The fourth-order valence-electron chi connectivity index (χ4n) is 1.05. The number of carbonyl (C=O) groups is 1. The van der Waals surface area contributed by atoms with Crippen molar-refractivity contribution < 1.29 is 18.4 Å². The van der Waals surface area contributed by atoms with Gasteiger partial charge in [0.15, 0.2) is 0 Å². The summed E-state index contributed by atoms with van der Waals surface area (Å²) >= 11 is 0. The van der Waals surface area contributed by atoms with Crippen molar-refractivity contribution in [2.45, 2.75) is 32.4 Å². The van der Waals surface area contributed by atoms with Gasteiger partial charge in [0, 0.05) is 25.8 Å². The average molecular weight is 232 g/mol. The molecule has 1 atom stereocenters. The molecule has 0 fully saturated rings. The summed E-state index contributed by atoms with van der Waals surface area (Å²) in [6.45, 7) is 7.14. The first-order chi connectivity index (χ1) is 7.04. The van der Waals surface area contributed by atoms with E-state index in [4.69, 9.17) is 13.6 Å². The second-order valence-electron chi connectivity index (χ2n) is 3.35. The van der Waals surface area contributed by atoms with Gasteiger partial charge >= 0.3 is 15.3 Å². The highest BCUT2D eigenvalue weighted by Crippen LogP contribution is 2.10. The van der Waals surface area contributed by atoms with Crippen molar-refractivity contribution in [1.29, 1.82) is 0 Å². The highest BCUT2D eigenvalue weighted by molar-refractivity contribution is 6.44. The summed E-state index contributed by atoms with van der Waals surface area (Å²) in [5.41, 5.74) is 0.418. The molecule has 88 valence electrons. The van der Waals surface area contributed by atoms with Crippen molar-refractivity contribution in [1.82, 2.24) is 0 Å². The molecule has 0 aromatic carbocycles. The Hall–Kier alpha value is -0.653. The molecule has 15 heavy (non-hydrogen) atoms. The highest BCUT2D eigenvalue weighted by atomic mass is 28.3. The molecule has 0 aromatic heterocycles. The Bertz CT molecular complexity index is 213. The molecule has 0 aliphatic rings. The number of ether oxygens (including phenoxy) is 1. The monoisotopic (exact) mass is 232 g/mol. The molecule has 0 N–H and O–H groups in total. The molecular weight excluding hydrogens is 212 g/mol. The minimum Gasteiger partial charge on any atom is -0.459 e. The largest absolute Gasteiger partial charge is 0.459 e. The van der Waals surface area contributed by atoms with Crippen LogP contribution in [0.25, 0.3) is 0 Å². The van der Waals surface area contributed by atoms with Crippen LogP contribution in [-0.2, 0) is 18.4 Å². The fourth-order valence-corrected chi connectivity index (χ4v) is 2.49. The standard InChI is InChI=1S/C10H20O4Si/c1-6-9(7-15(12-4)13-5)14-10(11)8(2)3/h9,15H,2,6-7H2,1,3-5H3. The van der Waals surface area contributed by atoms with Crippen LogP contribution in [0.3, 0.4) is 0 Å². The van der Waals surface area contributed by atoms with E-state index >= 15 is 0 Å². The van der Waals surface area contributed by atoms with Crippen molar-refractivity contribution in [2.24, 2.45) is 0 Å². The molecular formula is C10H20O4Si. The fraction of sp³-hybridized carbons (Fsp3) is 0.700. The smallest absolute Gasteiger partial charge is 0.333 e. The van der Waals surface area contributed by atoms with Gasteiger partial charge in [-0.1, -0.05) is 13.5 Å². The van der Waals surface area contributed by atoms with Gasteiger partial charge in [0.25, 0.3) is 0 Å².